The molecule has 2 aromatic rings. The van der Waals surface area contributed by atoms with Gasteiger partial charge in [-0.25, -0.2) is 0 Å². The molecule has 5 heteroatoms. The van der Waals surface area contributed by atoms with Crippen molar-refractivity contribution in [1.29, 1.82) is 5.26 Å². The Morgan fingerprint density at radius 1 is 1.37 bits per heavy atom. The maximum Gasteiger partial charge on any atom is 0.218 e. The summed E-state index contributed by atoms with van der Waals surface area (Å²) in [6.07, 6.45) is 1.44. The molecule has 2 unspecified atom stereocenters. The molecule has 1 N–H and O–H groups in total. The molecule has 0 spiro atoms. The van der Waals surface area contributed by atoms with Crippen LogP contribution < -0.4 is 5.32 Å². The first kappa shape index (κ1) is 11.9. The second-order valence-corrected chi connectivity index (χ2v) is 5.31. The second-order valence-electron chi connectivity index (χ2n) is 4.13. The Morgan fingerprint density at radius 2 is 2.21 bits per heavy atom. The molecule has 2 atom stereocenters. The second kappa shape index (κ2) is 4.82. The lowest BCUT2D eigenvalue weighted by atomic mass is 10.0. The Bertz CT molecular complexity index is 621. The van der Waals surface area contributed by atoms with E-state index in [2.05, 4.69) is 11.4 Å². The smallest absolute Gasteiger partial charge is 0.218 e. The highest BCUT2D eigenvalue weighted by molar-refractivity contribution is 8.00. The van der Waals surface area contributed by atoms with Crippen LogP contribution in [-0.4, -0.2) is 11.2 Å². The van der Waals surface area contributed by atoms with E-state index >= 15 is 0 Å². The zero-order chi connectivity index (χ0) is 13.2. The van der Waals surface area contributed by atoms with E-state index in [1.54, 1.807) is 12.1 Å². The molecule has 2 heterocycles. The molecular formula is C14H10N2O2S. The van der Waals surface area contributed by atoms with Gasteiger partial charge in [0.15, 0.2) is 5.76 Å². The molecule has 0 amide bonds. The highest BCUT2D eigenvalue weighted by Gasteiger charge is 2.35. The third-order valence-corrected chi connectivity index (χ3v) is 4.18. The number of anilines is 1. The van der Waals surface area contributed by atoms with Crippen LogP contribution in [0.3, 0.4) is 0 Å². The van der Waals surface area contributed by atoms with Crippen LogP contribution in [-0.2, 0) is 0 Å². The molecule has 3 rings (SSSR count). The van der Waals surface area contributed by atoms with Crippen molar-refractivity contribution in [2.24, 2.45) is 5.92 Å². The molecule has 1 aliphatic rings. The molecule has 0 saturated heterocycles. The minimum Gasteiger partial charge on any atom is -0.461 e. The normalized spacial score (nSPS) is 18.2. The predicted octanol–water partition coefficient (Wildman–Crippen LogP) is 3.15. The van der Waals surface area contributed by atoms with Crippen LogP contribution in [0.2, 0.25) is 0 Å². The minimum absolute atomic E-state index is 0.227. The van der Waals surface area contributed by atoms with E-state index in [1.165, 1.54) is 18.0 Å². The Morgan fingerprint density at radius 3 is 2.89 bits per heavy atom. The number of Topliss-reactive ketones (excluding diaryl/α,β-unsaturated/α-hetero) is 1. The molecule has 0 bridgehead atoms. The fraction of sp³-hybridized carbons (Fsp3) is 0.143. The van der Waals surface area contributed by atoms with Gasteiger partial charge in [0, 0.05) is 10.6 Å². The predicted molar refractivity (Wildman–Crippen MR) is 71.9 cm³/mol. The monoisotopic (exact) mass is 270 g/mol. The number of nitrogens with one attached hydrogen (secondary N) is 1. The van der Waals surface area contributed by atoms with E-state index in [9.17, 15) is 10.1 Å². The summed E-state index contributed by atoms with van der Waals surface area (Å²) in [6, 6.07) is 13.1. The molecule has 1 aromatic heterocycles. The number of hydrogen-bond acceptors (Lipinski definition) is 5. The van der Waals surface area contributed by atoms with Gasteiger partial charge >= 0.3 is 0 Å². The molecule has 0 radical (unpaired) electrons. The molecule has 1 aromatic carbocycles. The number of hydrogen-bond donors (Lipinski definition) is 1. The number of nitriles is 1. The molecule has 94 valence electrons. The molecule has 0 fully saturated rings. The lowest BCUT2D eigenvalue weighted by Gasteiger charge is -2.14. The molecule has 1 aliphatic heterocycles. The van der Waals surface area contributed by atoms with Gasteiger partial charge in [-0.05, 0) is 24.3 Å². The number of nitrogens with zero attached hydrogens (tertiary/aromatic N) is 1. The highest BCUT2D eigenvalue weighted by Crippen LogP contribution is 2.41. The number of thioether (sulfide) groups is 1. The van der Waals surface area contributed by atoms with E-state index in [1.807, 2.05) is 24.3 Å². The van der Waals surface area contributed by atoms with Crippen LogP contribution in [0.1, 0.15) is 10.6 Å². The zero-order valence-electron chi connectivity index (χ0n) is 9.87. The molecule has 0 aliphatic carbocycles. The summed E-state index contributed by atoms with van der Waals surface area (Å²) >= 11 is 1.50. The van der Waals surface area contributed by atoms with Gasteiger partial charge < -0.3 is 9.73 Å². The fourth-order valence-electron chi connectivity index (χ4n) is 2.00. The summed E-state index contributed by atoms with van der Waals surface area (Å²) < 4.78 is 5.08. The first-order valence-electron chi connectivity index (χ1n) is 5.79. The number of rotatable bonds is 3. The third-order valence-electron chi connectivity index (χ3n) is 2.93. The molecular weight excluding hydrogens is 260 g/mol. The van der Waals surface area contributed by atoms with Crippen LogP contribution in [0.4, 0.5) is 5.69 Å². The number of carbonyl (C=O) groups is 1. The van der Waals surface area contributed by atoms with E-state index in [4.69, 9.17) is 4.42 Å². The highest BCUT2D eigenvalue weighted by atomic mass is 32.2. The van der Waals surface area contributed by atoms with Gasteiger partial charge in [-0.15, -0.1) is 0 Å². The third kappa shape index (κ3) is 2.11. The lowest BCUT2D eigenvalue weighted by molar-refractivity contribution is 0.0922. The summed E-state index contributed by atoms with van der Waals surface area (Å²) in [6.45, 7) is 0. The van der Waals surface area contributed by atoms with E-state index in [0.29, 0.717) is 0 Å². The Balaban J connectivity index is 1.83. The minimum atomic E-state index is -0.774. The molecule has 19 heavy (non-hydrogen) atoms. The van der Waals surface area contributed by atoms with Crippen molar-refractivity contribution < 1.29 is 9.21 Å². The van der Waals surface area contributed by atoms with Crippen molar-refractivity contribution >= 4 is 23.2 Å². The van der Waals surface area contributed by atoms with Crippen molar-refractivity contribution in [2.75, 3.05) is 5.32 Å². The number of furan rings is 1. The van der Waals surface area contributed by atoms with Gasteiger partial charge in [-0.2, -0.15) is 5.26 Å². The van der Waals surface area contributed by atoms with Gasteiger partial charge in [0.1, 0.15) is 11.3 Å². The van der Waals surface area contributed by atoms with Crippen molar-refractivity contribution in [3.8, 4) is 6.07 Å². The standard InChI is InChI=1S/C14H10N2O2S/c15-8-9(13(17)11-5-3-7-18-11)14-16-10-4-1-2-6-12(10)19-14/h1-7,9,14,16H. The lowest BCUT2D eigenvalue weighted by Crippen LogP contribution is -2.28. The number of fused-ring (bicyclic) bond motifs is 1. The van der Waals surface area contributed by atoms with Gasteiger partial charge in [0.2, 0.25) is 5.78 Å². The van der Waals surface area contributed by atoms with Gasteiger partial charge in [-0.3, -0.25) is 4.79 Å². The van der Waals surface area contributed by atoms with Gasteiger partial charge in [0.25, 0.3) is 0 Å². The van der Waals surface area contributed by atoms with E-state index in [0.717, 1.165) is 10.6 Å². The zero-order valence-corrected chi connectivity index (χ0v) is 10.7. The number of para-hydroxylation sites is 1. The van der Waals surface area contributed by atoms with Crippen molar-refractivity contribution in [2.45, 2.75) is 10.3 Å². The average molecular weight is 270 g/mol. The van der Waals surface area contributed by atoms with Crippen LogP contribution >= 0.6 is 11.8 Å². The number of ketones is 1. The maximum atomic E-state index is 12.2. The summed E-state index contributed by atoms with van der Waals surface area (Å²) in [5, 5.41) is 12.2. The Kier molecular flexibility index (Phi) is 3.02. The van der Waals surface area contributed by atoms with Crippen LogP contribution in [0.15, 0.2) is 52.0 Å². The average Bonchev–Trinajstić information content (AvgIpc) is 3.08. The summed E-state index contributed by atoms with van der Waals surface area (Å²) in [5.74, 6) is -0.834. The quantitative estimate of drug-likeness (QED) is 0.868. The van der Waals surface area contributed by atoms with Gasteiger partial charge in [0.05, 0.1) is 12.3 Å². The van der Waals surface area contributed by atoms with Crippen LogP contribution in [0.25, 0.3) is 0 Å². The summed E-state index contributed by atoms with van der Waals surface area (Å²) in [7, 11) is 0. The Hall–Kier alpha value is -2.19. The van der Waals surface area contributed by atoms with Crippen molar-refractivity contribution in [3.63, 3.8) is 0 Å². The summed E-state index contributed by atoms with van der Waals surface area (Å²) in [5.41, 5.74) is 0.963. The van der Waals surface area contributed by atoms with Crippen molar-refractivity contribution in [3.05, 3.63) is 48.4 Å². The first-order valence-corrected chi connectivity index (χ1v) is 6.67. The molecule has 0 saturated carbocycles. The largest absolute Gasteiger partial charge is 0.461 e. The van der Waals surface area contributed by atoms with E-state index in [-0.39, 0.29) is 16.9 Å². The molecule has 4 nitrogen and oxygen atoms in total. The number of carbonyl (C=O) groups excluding carboxylic acids is 1. The summed E-state index contributed by atoms with van der Waals surface area (Å²) in [4.78, 5) is 13.3. The van der Waals surface area contributed by atoms with Crippen LogP contribution in [0.5, 0.6) is 0 Å². The van der Waals surface area contributed by atoms with Gasteiger partial charge in [-0.1, -0.05) is 23.9 Å². The van der Waals surface area contributed by atoms with Crippen LogP contribution in [0, 0.1) is 17.2 Å². The maximum absolute atomic E-state index is 12.2. The topological polar surface area (TPSA) is 66.0 Å². The Labute approximate surface area is 114 Å². The SMILES string of the molecule is N#CC(C(=O)c1ccco1)C1Nc2ccccc2S1. The first-order chi connectivity index (χ1) is 9.29. The number of benzene rings is 1. The van der Waals surface area contributed by atoms with Crippen molar-refractivity contribution in [1.82, 2.24) is 0 Å². The van der Waals surface area contributed by atoms with E-state index < -0.39 is 5.92 Å². The fourth-order valence-corrected chi connectivity index (χ4v) is 3.19.